The minimum absolute atomic E-state index is 0.196. The van der Waals surface area contributed by atoms with Gasteiger partial charge in [0.2, 0.25) is 0 Å². The van der Waals surface area contributed by atoms with Gasteiger partial charge in [-0.15, -0.1) is 5.10 Å². The highest BCUT2D eigenvalue weighted by Crippen LogP contribution is 2.24. The molecule has 0 radical (unpaired) electrons. The molecule has 7 nitrogen and oxygen atoms in total. The number of carbonyl (C=O) groups excluding carboxylic acids is 2. The number of ether oxygens (including phenoxy) is 1. The maximum atomic E-state index is 11.7. The molecule has 9 heteroatoms. The van der Waals surface area contributed by atoms with Crippen molar-refractivity contribution in [3.05, 3.63) is 57.6 Å². The fourth-order valence-electron chi connectivity index (χ4n) is 1.97. The SMILES string of the molecule is COC(=O)/C=C1/S/C(=N\N=Cc2ccc(-c3ccc(Br)cc3)o2)NC1=O. The summed E-state index contributed by atoms with van der Waals surface area (Å²) in [5, 5.41) is 10.6. The topological polar surface area (TPSA) is 93.3 Å². The van der Waals surface area contributed by atoms with Crippen molar-refractivity contribution in [1.82, 2.24) is 5.32 Å². The summed E-state index contributed by atoms with van der Waals surface area (Å²) >= 11 is 4.39. The quantitative estimate of drug-likeness (QED) is 0.345. The smallest absolute Gasteiger partial charge is 0.331 e. The van der Waals surface area contributed by atoms with Crippen LogP contribution in [-0.2, 0) is 14.3 Å². The van der Waals surface area contributed by atoms with Crippen LogP contribution in [0.1, 0.15) is 5.76 Å². The van der Waals surface area contributed by atoms with Gasteiger partial charge in [0.05, 0.1) is 18.2 Å². The van der Waals surface area contributed by atoms with Crippen LogP contribution in [0.5, 0.6) is 0 Å². The predicted octanol–water partition coefficient (Wildman–Crippen LogP) is 3.32. The summed E-state index contributed by atoms with van der Waals surface area (Å²) in [7, 11) is 1.24. The molecule has 1 N–H and O–H groups in total. The summed E-state index contributed by atoms with van der Waals surface area (Å²) in [6, 6.07) is 11.3. The first-order valence-corrected chi connectivity index (χ1v) is 8.92. The fraction of sp³-hybridized carbons (Fsp3) is 0.0588. The molecule has 0 unspecified atom stereocenters. The van der Waals surface area contributed by atoms with Crippen LogP contribution in [0, 0.1) is 0 Å². The Balaban J connectivity index is 1.67. The van der Waals surface area contributed by atoms with Crippen molar-refractivity contribution in [2.45, 2.75) is 0 Å². The number of hydrogen-bond donors (Lipinski definition) is 1. The van der Waals surface area contributed by atoms with Gasteiger partial charge in [0, 0.05) is 16.1 Å². The largest absolute Gasteiger partial charge is 0.466 e. The van der Waals surface area contributed by atoms with Gasteiger partial charge in [0.15, 0.2) is 5.17 Å². The zero-order valence-corrected chi connectivity index (χ0v) is 15.8. The van der Waals surface area contributed by atoms with Crippen molar-refractivity contribution in [1.29, 1.82) is 0 Å². The van der Waals surface area contributed by atoms with E-state index >= 15 is 0 Å². The number of carbonyl (C=O) groups is 2. The molecule has 26 heavy (non-hydrogen) atoms. The maximum Gasteiger partial charge on any atom is 0.331 e. The Hall–Kier alpha value is -2.65. The van der Waals surface area contributed by atoms with E-state index in [-0.39, 0.29) is 10.1 Å². The summed E-state index contributed by atoms with van der Waals surface area (Å²) in [6.45, 7) is 0. The highest BCUT2D eigenvalue weighted by atomic mass is 79.9. The second-order valence-corrected chi connectivity index (χ2v) is 6.89. The van der Waals surface area contributed by atoms with Crippen molar-refractivity contribution < 1.29 is 18.7 Å². The molecule has 0 spiro atoms. The lowest BCUT2D eigenvalue weighted by Gasteiger charge is -1.96. The molecule has 0 bridgehead atoms. The number of methoxy groups -OCH3 is 1. The van der Waals surface area contributed by atoms with Gasteiger partial charge < -0.3 is 9.15 Å². The molecule has 1 aliphatic heterocycles. The number of amidine groups is 1. The molecule has 0 saturated carbocycles. The first-order valence-electron chi connectivity index (χ1n) is 7.31. The van der Waals surface area contributed by atoms with Crippen LogP contribution in [0.4, 0.5) is 0 Å². The van der Waals surface area contributed by atoms with E-state index in [4.69, 9.17) is 4.42 Å². The average Bonchev–Trinajstić information content (AvgIpc) is 3.23. The number of furan rings is 1. The van der Waals surface area contributed by atoms with E-state index in [9.17, 15) is 9.59 Å². The molecule has 132 valence electrons. The minimum atomic E-state index is -0.608. The second-order valence-electron chi connectivity index (χ2n) is 4.95. The second kappa shape index (κ2) is 8.15. The Morgan fingerprint density at radius 1 is 1.27 bits per heavy atom. The lowest BCUT2D eigenvalue weighted by atomic mass is 10.2. The van der Waals surface area contributed by atoms with Crippen LogP contribution < -0.4 is 5.32 Å². The molecule has 1 aromatic carbocycles. The number of nitrogens with one attached hydrogen (secondary N) is 1. The predicted molar refractivity (Wildman–Crippen MR) is 103 cm³/mol. The molecule has 1 aliphatic rings. The Bertz CT molecular complexity index is 932. The number of halogens is 1. The van der Waals surface area contributed by atoms with E-state index in [0.717, 1.165) is 27.9 Å². The fourth-order valence-corrected chi connectivity index (χ4v) is 2.97. The van der Waals surface area contributed by atoms with Crippen LogP contribution in [-0.4, -0.2) is 30.4 Å². The summed E-state index contributed by atoms with van der Waals surface area (Å²) in [5.74, 6) is 0.193. The molecule has 1 aromatic heterocycles. The van der Waals surface area contributed by atoms with Gasteiger partial charge >= 0.3 is 5.97 Å². The minimum Gasteiger partial charge on any atom is -0.466 e. The third-order valence-electron chi connectivity index (χ3n) is 3.19. The first kappa shape index (κ1) is 18.2. The van der Waals surface area contributed by atoms with E-state index in [1.807, 2.05) is 30.3 Å². The number of amides is 1. The van der Waals surface area contributed by atoms with E-state index in [2.05, 4.69) is 36.2 Å². The molecule has 1 amide bonds. The third kappa shape index (κ3) is 4.50. The standard InChI is InChI=1S/C17H12BrN3O4S/c1-24-15(22)8-14-16(23)20-17(26-14)21-19-9-12-6-7-13(25-12)10-2-4-11(18)5-3-10/h2-9H,1H3,(H,20,21,23)/b14-8+,19-9?. The van der Waals surface area contributed by atoms with Gasteiger partial charge in [0.1, 0.15) is 11.5 Å². The van der Waals surface area contributed by atoms with Crippen molar-refractivity contribution in [3.8, 4) is 11.3 Å². The number of hydrogen-bond acceptors (Lipinski definition) is 7. The third-order valence-corrected chi connectivity index (χ3v) is 4.62. The molecule has 2 aromatic rings. The molecule has 0 aliphatic carbocycles. The van der Waals surface area contributed by atoms with Gasteiger partial charge in [-0.1, -0.05) is 28.1 Å². The molecule has 2 heterocycles. The monoisotopic (exact) mass is 433 g/mol. The zero-order valence-electron chi connectivity index (χ0n) is 13.4. The van der Waals surface area contributed by atoms with Gasteiger partial charge in [-0.05, 0) is 36.0 Å². The number of thioether (sulfide) groups is 1. The van der Waals surface area contributed by atoms with Gasteiger partial charge in [0.25, 0.3) is 5.91 Å². The van der Waals surface area contributed by atoms with Crippen LogP contribution in [0.25, 0.3) is 11.3 Å². The van der Waals surface area contributed by atoms with Crippen LogP contribution in [0.2, 0.25) is 0 Å². The molecule has 1 fully saturated rings. The Morgan fingerprint density at radius 2 is 2.04 bits per heavy atom. The van der Waals surface area contributed by atoms with E-state index in [1.165, 1.54) is 13.3 Å². The summed E-state index contributed by atoms with van der Waals surface area (Å²) < 4.78 is 11.2. The highest BCUT2D eigenvalue weighted by Gasteiger charge is 2.24. The number of rotatable bonds is 4. The van der Waals surface area contributed by atoms with Gasteiger partial charge in [-0.3, -0.25) is 10.1 Å². The molecular formula is C17H12BrN3O4S. The molecular weight excluding hydrogens is 422 g/mol. The van der Waals surface area contributed by atoms with Crippen molar-refractivity contribution in [2.24, 2.45) is 10.2 Å². The van der Waals surface area contributed by atoms with Crippen molar-refractivity contribution in [2.75, 3.05) is 7.11 Å². The van der Waals surface area contributed by atoms with Crippen molar-refractivity contribution >= 4 is 51.0 Å². The van der Waals surface area contributed by atoms with Crippen molar-refractivity contribution in [3.63, 3.8) is 0 Å². The number of nitrogens with zero attached hydrogens (tertiary/aromatic N) is 2. The van der Waals surface area contributed by atoms with Crippen LogP contribution in [0.3, 0.4) is 0 Å². The normalized spacial score (nSPS) is 17.2. The van der Waals surface area contributed by atoms with E-state index < -0.39 is 11.9 Å². The molecule has 1 saturated heterocycles. The lowest BCUT2D eigenvalue weighted by molar-refractivity contribution is -0.135. The molecule has 3 rings (SSSR count). The highest BCUT2D eigenvalue weighted by molar-refractivity contribution is 9.10. The lowest BCUT2D eigenvalue weighted by Crippen LogP contribution is -2.19. The van der Waals surface area contributed by atoms with Crippen LogP contribution in [0.15, 0.2) is 66.5 Å². The zero-order chi connectivity index (χ0) is 18.5. The maximum absolute atomic E-state index is 11.7. The first-order chi connectivity index (χ1) is 12.5. The van der Waals surface area contributed by atoms with E-state index in [0.29, 0.717) is 11.5 Å². The Kier molecular flexibility index (Phi) is 5.69. The van der Waals surface area contributed by atoms with Gasteiger partial charge in [-0.2, -0.15) is 5.10 Å². The average molecular weight is 434 g/mol. The number of esters is 1. The number of benzene rings is 1. The Morgan fingerprint density at radius 3 is 2.77 bits per heavy atom. The molecule has 0 atom stereocenters. The summed E-state index contributed by atoms with van der Waals surface area (Å²) in [5.41, 5.74) is 0.940. The van der Waals surface area contributed by atoms with Crippen LogP contribution >= 0.6 is 27.7 Å². The van der Waals surface area contributed by atoms with Gasteiger partial charge in [-0.25, -0.2) is 4.79 Å². The summed E-state index contributed by atoms with van der Waals surface area (Å²) in [4.78, 5) is 23.1. The Labute approximate surface area is 161 Å². The summed E-state index contributed by atoms with van der Waals surface area (Å²) in [6.07, 6.45) is 2.54. The van der Waals surface area contributed by atoms with E-state index in [1.54, 1.807) is 6.07 Å².